The highest BCUT2D eigenvalue weighted by molar-refractivity contribution is 5.94. The first-order chi connectivity index (χ1) is 20.6. The Balaban J connectivity index is 1.29. The number of carbonyl (C=O) groups excluding carboxylic acids is 1. The van der Waals surface area contributed by atoms with Crippen LogP contribution in [0.4, 0.5) is 11.5 Å². The van der Waals surface area contributed by atoms with Crippen LogP contribution in [0.15, 0.2) is 55.1 Å². The van der Waals surface area contributed by atoms with Crippen LogP contribution >= 0.6 is 0 Å². The van der Waals surface area contributed by atoms with E-state index in [1.807, 2.05) is 0 Å². The van der Waals surface area contributed by atoms with Crippen LogP contribution in [-0.2, 0) is 17.8 Å². The minimum atomic E-state index is -0.216. The molecule has 0 saturated carbocycles. The van der Waals surface area contributed by atoms with Crippen molar-refractivity contribution in [2.75, 3.05) is 68.8 Å². The van der Waals surface area contributed by atoms with E-state index in [9.17, 15) is 4.79 Å². The molecule has 1 amide bonds. The van der Waals surface area contributed by atoms with Gasteiger partial charge in [0.2, 0.25) is 12.5 Å². The Morgan fingerprint density at radius 1 is 1.02 bits per heavy atom. The Labute approximate surface area is 248 Å². The highest BCUT2D eigenvalue weighted by Crippen LogP contribution is 2.34. The maximum absolute atomic E-state index is 12.5. The average molecular weight is 566 g/mol. The number of fused-ring (bicyclic) bond motifs is 2. The van der Waals surface area contributed by atoms with Gasteiger partial charge in [0.25, 0.3) is 0 Å². The van der Waals surface area contributed by atoms with Gasteiger partial charge < -0.3 is 24.3 Å². The summed E-state index contributed by atoms with van der Waals surface area (Å²) in [5.74, 6) is 0.756. The maximum atomic E-state index is 12.5. The zero-order valence-electron chi connectivity index (χ0n) is 24.2. The van der Waals surface area contributed by atoms with Crippen LogP contribution in [0.2, 0.25) is 0 Å². The van der Waals surface area contributed by atoms with Crippen LogP contribution in [0.3, 0.4) is 0 Å². The van der Waals surface area contributed by atoms with Crippen molar-refractivity contribution < 1.29 is 9.53 Å². The fourth-order valence-electron chi connectivity index (χ4n) is 6.57. The van der Waals surface area contributed by atoms with Crippen molar-refractivity contribution in [3.63, 3.8) is 0 Å². The Morgan fingerprint density at radius 3 is 2.69 bits per heavy atom. The van der Waals surface area contributed by atoms with E-state index in [1.54, 1.807) is 4.90 Å². The summed E-state index contributed by atoms with van der Waals surface area (Å²) >= 11 is 0. The van der Waals surface area contributed by atoms with Gasteiger partial charge in [-0.2, -0.15) is 9.97 Å². The predicted octanol–water partition coefficient (Wildman–Crippen LogP) is 4.18. The van der Waals surface area contributed by atoms with Crippen LogP contribution < -0.4 is 14.5 Å². The molecule has 42 heavy (non-hydrogen) atoms. The number of carbonyl (C=O) groups is 1. The summed E-state index contributed by atoms with van der Waals surface area (Å²) in [4.78, 5) is 35.0. The molecule has 3 aliphatic heterocycles. The number of likely N-dealkylation sites (tertiary alicyclic amines) is 1. The summed E-state index contributed by atoms with van der Waals surface area (Å²) < 4.78 is 6.23. The zero-order valence-corrected chi connectivity index (χ0v) is 24.2. The lowest BCUT2D eigenvalue weighted by Crippen LogP contribution is -2.56. The fourth-order valence-corrected chi connectivity index (χ4v) is 6.57. The largest absolute Gasteiger partial charge is 0.462 e. The van der Waals surface area contributed by atoms with E-state index in [0.717, 1.165) is 49.7 Å². The van der Waals surface area contributed by atoms with E-state index in [0.29, 0.717) is 38.8 Å². The smallest absolute Gasteiger partial charge is 0.318 e. The quantitative estimate of drug-likeness (QED) is 0.300. The maximum Gasteiger partial charge on any atom is 0.318 e. The van der Waals surface area contributed by atoms with E-state index in [4.69, 9.17) is 21.3 Å². The average Bonchev–Trinajstić information content (AvgIpc) is 3.04. The third-order valence-electron chi connectivity index (χ3n) is 8.76. The molecular formula is C33H39N7O2. The second-order valence-electron chi connectivity index (χ2n) is 11.4. The van der Waals surface area contributed by atoms with Crippen LogP contribution in [0.1, 0.15) is 30.5 Å². The van der Waals surface area contributed by atoms with Crippen LogP contribution in [0.5, 0.6) is 6.01 Å². The number of hydrogen-bond acceptors (Lipinski definition) is 7. The Bertz CT molecular complexity index is 1470. The number of anilines is 2. The van der Waals surface area contributed by atoms with Crippen molar-refractivity contribution in [2.24, 2.45) is 0 Å². The molecule has 0 N–H and O–H groups in total. The fraction of sp³-hybridized carbons (Fsp3) is 0.455. The molecule has 2 saturated heterocycles. The summed E-state index contributed by atoms with van der Waals surface area (Å²) in [7, 11) is 0. The second kappa shape index (κ2) is 12.8. The molecule has 0 aliphatic carbocycles. The van der Waals surface area contributed by atoms with E-state index in [-0.39, 0.29) is 18.5 Å². The minimum Gasteiger partial charge on any atom is -0.462 e. The summed E-state index contributed by atoms with van der Waals surface area (Å²) in [6, 6.07) is 15.2. The summed E-state index contributed by atoms with van der Waals surface area (Å²) in [5.41, 5.74) is 3.33. The van der Waals surface area contributed by atoms with E-state index >= 15 is 0 Å². The van der Waals surface area contributed by atoms with Gasteiger partial charge in [0, 0.05) is 49.4 Å². The van der Waals surface area contributed by atoms with Crippen molar-refractivity contribution in [1.82, 2.24) is 19.8 Å². The lowest BCUT2D eigenvalue weighted by molar-refractivity contribution is -0.128. The first kappa shape index (κ1) is 28.0. The molecule has 1 atom stereocenters. The molecule has 0 spiro atoms. The van der Waals surface area contributed by atoms with E-state index in [2.05, 4.69) is 68.6 Å². The number of piperidine rings is 1. The monoisotopic (exact) mass is 565 g/mol. The molecule has 0 bridgehead atoms. The molecule has 0 radical (unpaired) electrons. The molecule has 2 fully saturated rings. The third-order valence-corrected chi connectivity index (χ3v) is 8.76. The molecule has 9 nitrogen and oxygen atoms in total. The molecule has 4 heterocycles. The van der Waals surface area contributed by atoms with Gasteiger partial charge >= 0.3 is 6.01 Å². The highest BCUT2D eigenvalue weighted by Gasteiger charge is 2.34. The number of amides is 1. The van der Waals surface area contributed by atoms with Crippen molar-refractivity contribution in [3.8, 4) is 6.01 Å². The highest BCUT2D eigenvalue weighted by atomic mass is 16.5. The number of nitrogens with zero attached hydrogens (tertiary/aromatic N) is 7. The number of benzene rings is 2. The number of rotatable bonds is 8. The molecule has 3 aliphatic rings. The zero-order chi connectivity index (χ0) is 28.9. The summed E-state index contributed by atoms with van der Waals surface area (Å²) in [6.07, 6.45) is 5.95. The molecular weight excluding hydrogens is 526 g/mol. The topological polar surface area (TPSA) is 69.4 Å². The molecule has 0 unspecified atom stereocenters. The van der Waals surface area contributed by atoms with Crippen LogP contribution in [-0.4, -0.2) is 90.7 Å². The summed E-state index contributed by atoms with van der Waals surface area (Å²) in [5, 5.41) is 2.46. The van der Waals surface area contributed by atoms with Crippen molar-refractivity contribution in [2.45, 2.75) is 38.3 Å². The minimum absolute atomic E-state index is 0.125. The molecule has 1 aromatic heterocycles. The normalized spacial score (nSPS) is 19.3. The van der Waals surface area contributed by atoms with Crippen LogP contribution in [0.25, 0.3) is 15.6 Å². The van der Waals surface area contributed by atoms with E-state index < -0.39 is 0 Å². The third kappa shape index (κ3) is 5.90. The number of piperazine rings is 1. The van der Waals surface area contributed by atoms with Crippen molar-refractivity contribution >= 4 is 28.2 Å². The second-order valence-corrected chi connectivity index (χ2v) is 11.4. The van der Waals surface area contributed by atoms with Gasteiger partial charge in [0.1, 0.15) is 18.5 Å². The van der Waals surface area contributed by atoms with Crippen molar-refractivity contribution in [1.29, 1.82) is 0 Å². The molecule has 6 rings (SSSR count). The van der Waals surface area contributed by atoms with Crippen molar-refractivity contribution in [3.05, 3.63) is 77.8 Å². The number of hydrogen-bond donors (Lipinski definition) is 0. The Hall–Kier alpha value is -4.16. The predicted molar refractivity (Wildman–Crippen MR) is 166 cm³/mol. The van der Waals surface area contributed by atoms with Gasteiger partial charge in [0.05, 0.1) is 12.2 Å². The van der Waals surface area contributed by atoms with Gasteiger partial charge in [-0.05, 0) is 49.9 Å². The number of aromatic nitrogens is 2. The molecule has 3 aromatic rings. The van der Waals surface area contributed by atoms with Gasteiger partial charge in [-0.3, -0.25) is 9.69 Å². The van der Waals surface area contributed by atoms with Gasteiger partial charge in [0.15, 0.2) is 0 Å². The molecule has 218 valence electrons. The van der Waals surface area contributed by atoms with Gasteiger partial charge in [-0.15, -0.1) is 0 Å². The van der Waals surface area contributed by atoms with E-state index in [1.165, 1.54) is 41.8 Å². The SMILES string of the molecule is [C-]#[N+]C[C@H]1CN(c2nc(OCCN3CCCCC3)nc3c2CCN(c2cccc4ccccc24)C3)CCN1C(=O)C=C. The standard InChI is InChI=1S/C33H39N7O2/c1-3-31(41)40-19-18-39(23-26(40)22-34-2)32-28-14-17-38(30-13-9-11-25-10-5-6-12-27(25)30)24-29(28)35-33(36-32)42-21-20-37-15-7-4-8-16-37/h3,5-6,9-13,26H,1,4,7-8,14-24H2/t26-/m0/s1. The Morgan fingerprint density at radius 2 is 1.86 bits per heavy atom. The Kier molecular flexibility index (Phi) is 8.52. The first-order valence-corrected chi connectivity index (χ1v) is 15.1. The lowest BCUT2D eigenvalue weighted by Gasteiger charge is -2.41. The van der Waals surface area contributed by atoms with Gasteiger partial charge in [-0.1, -0.05) is 49.4 Å². The van der Waals surface area contributed by atoms with Gasteiger partial charge in [-0.25, -0.2) is 6.57 Å². The summed E-state index contributed by atoms with van der Waals surface area (Å²) in [6.45, 7) is 18.3. The van der Waals surface area contributed by atoms with Crippen LogP contribution in [0, 0.1) is 6.57 Å². The lowest BCUT2D eigenvalue weighted by atomic mass is 10.0. The first-order valence-electron chi connectivity index (χ1n) is 15.1. The number of ether oxygens (including phenoxy) is 1. The molecule has 2 aromatic carbocycles. The molecule has 9 heteroatoms.